The second-order valence-corrected chi connectivity index (χ2v) is 8.14. The fourth-order valence-electron chi connectivity index (χ4n) is 2.86. The summed E-state index contributed by atoms with van der Waals surface area (Å²) in [6.07, 6.45) is 4.47. The third kappa shape index (κ3) is 4.32. The van der Waals surface area contributed by atoms with Gasteiger partial charge in [0.2, 0.25) is 10.0 Å². The van der Waals surface area contributed by atoms with E-state index < -0.39 is 15.9 Å². The van der Waals surface area contributed by atoms with Crippen LogP contribution in [0.4, 0.5) is 5.69 Å². The second-order valence-electron chi connectivity index (χ2n) is 6.37. The first kappa shape index (κ1) is 19.6. The first-order valence-corrected chi connectivity index (χ1v) is 10.5. The number of carbonyl (C=O) groups is 1. The molecule has 2 N–H and O–H groups in total. The van der Waals surface area contributed by atoms with Crippen LogP contribution in [0, 0.1) is 0 Å². The van der Waals surface area contributed by atoms with Crippen molar-refractivity contribution in [2.75, 3.05) is 5.32 Å². The van der Waals surface area contributed by atoms with E-state index in [4.69, 9.17) is 4.42 Å². The summed E-state index contributed by atoms with van der Waals surface area (Å²) in [5.74, 6) is 0.0895. The smallest absolute Gasteiger partial charge is 0.274 e. The largest absolute Gasteiger partial charge is 0.468 e. The van der Waals surface area contributed by atoms with Gasteiger partial charge in [-0.25, -0.2) is 18.1 Å². The highest BCUT2D eigenvalue weighted by molar-refractivity contribution is 7.89. The molecule has 0 saturated heterocycles. The van der Waals surface area contributed by atoms with E-state index in [1.54, 1.807) is 35.2 Å². The van der Waals surface area contributed by atoms with Gasteiger partial charge in [-0.05, 0) is 42.5 Å². The minimum Gasteiger partial charge on any atom is -0.468 e. The molecule has 0 atom stereocenters. The zero-order valence-electron chi connectivity index (χ0n) is 15.7. The van der Waals surface area contributed by atoms with Gasteiger partial charge < -0.3 is 9.73 Å². The summed E-state index contributed by atoms with van der Waals surface area (Å²) < 4.78 is 34.4. The minimum absolute atomic E-state index is 0.0299. The quantitative estimate of drug-likeness (QED) is 0.476. The number of hydrogen-bond acceptors (Lipinski definition) is 5. The molecule has 0 spiro atoms. The van der Waals surface area contributed by atoms with Crippen LogP contribution < -0.4 is 10.0 Å². The molecular weight excluding hydrogens is 404 g/mol. The van der Waals surface area contributed by atoms with Gasteiger partial charge in [-0.1, -0.05) is 24.3 Å². The van der Waals surface area contributed by atoms with Crippen molar-refractivity contribution < 1.29 is 17.6 Å². The second kappa shape index (κ2) is 8.36. The van der Waals surface area contributed by atoms with Crippen molar-refractivity contribution in [3.05, 3.63) is 97.0 Å². The maximum Gasteiger partial charge on any atom is 0.274 e. The number of nitrogens with zero attached hydrogens (tertiary/aromatic N) is 2. The van der Waals surface area contributed by atoms with E-state index in [0.717, 1.165) is 5.69 Å². The Kier molecular flexibility index (Phi) is 5.46. The Balaban J connectivity index is 1.51. The summed E-state index contributed by atoms with van der Waals surface area (Å²) in [5.41, 5.74) is 1.46. The van der Waals surface area contributed by atoms with Gasteiger partial charge >= 0.3 is 0 Å². The van der Waals surface area contributed by atoms with Crippen LogP contribution in [0.5, 0.6) is 0 Å². The monoisotopic (exact) mass is 422 g/mol. The SMILES string of the molecule is O=C(Nc1cccc(S(=O)(=O)NCc2ccco2)c1)c1cncn1-c1ccccc1. The number of carbonyl (C=O) groups excluding carboxylic acids is 1. The molecule has 2 aromatic carbocycles. The van der Waals surface area contributed by atoms with E-state index in [2.05, 4.69) is 15.0 Å². The number of sulfonamides is 1. The number of amides is 1. The molecule has 0 aliphatic heterocycles. The minimum atomic E-state index is -3.78. The average Bonchev–Trinajstić information content (AvgIpc) is 3.45. The number of nitrogens with one attached hydrogen (secondary N) is 2. The molecule has 0 aliphatic rings. The van der Waals surface area contributed by atoms with Crippen molar-refractivity contribution in [2.45, 2.75) is 11.4 Å². The van der Waals surface area contributed by atoms with Crippen LogP contribution in [0.15, 0.2) is 94.8 Å². The Morgan fingerprint density at radius 3 is 2.63 bits per heavy atom. The number of anilines is 1. The van der Waals surface area contributed by atoms with Crippen LogP contribution in [0.3, 0.4) is 0 Å². The summed E-state index contributed by atoms with van der Waals surface area (Å²) in [6.45, 7) is 0.0299. The van der Waals surface area contributed by atoms with Crippen molar-refractivity contribution in [1.82, 2.24) is 14.3 Å². The van der Waals surface area contributed by atoms with E-state index in [0.29, 0.717) is 17.1 Å². The predicted octanol–water partition coefficient (Wildman–Crippen LogP) is 3.20. The summed E-state index contributed by atoms with van der Waals surface area (Å²) >= 11 is 0. The molecule has 0 fully saturated rings. The summed E-state index contributed by atoms with van der Waals surface area (Å²) in [4.78, 5) is 16.8. The lowest BCUT2D eigenvalue weighted by molar-refractivity contribution is 0.102. The van der Waals surface area contributed by atoms with Crippen LogP contribution in [-0.2, 0) is 16.6 Å². The molecule has 0 unspecified atom stereocenters. The molecule has 152 valence electrons. The number of furan rings is 1. The van der Waals surface area contributed by atoms with Crippen LogP contribution in [0.1, 0.15) is 16.2 Å². The molecule has 2 aromatic heterocycles. The summed E-state index contributed by atoms with van der Waals surface area (Å²) in [6, 6.07) is 18.7. The molecule has 30 heavy (non-hydrogen) atoms. The normalized spacial score (nSPS) is 11.3. The van der Waals surface area contributed by atoms with Crippen LogP contribution in [0.2, 0.25) is 0 Å². The Bertz CT molecular complexity index is 1250. The Labute approximate surface area is 173 Å². The van der Waals surface area contributed by atoms with E-state index in [9.17, 15) is 13.2 Å². The van der Waals surface area contributed by atoms with Gasteiger partial charge in [0.25, 0.3) is 5.91 Å². The highest BCUT2D eigenvalue weighted by Gasteiger charge is 2.17. The van der Waals surface area contributed by atoms with Gasteiger partial charge in [-0.2, -0.15) is 0 Å². The topological polar surface area (TPSA) is 106 Å². The van der Waals surface area contributed by atoms with Crippen LogP contribution in [0.25, 0.3) is 5.69 Å². The van der Waals surface area contributed by atoms with Gasteiger partial charge in [0, 0.05) is 11.4 Å². The first-order chi connectivity index (χ1) is 14.5. The van der Waals surface area contributed by atoms with Gasteiger partial charge in [-0.15, -0.1) is 0 Å². The van der Waals surface area contributed by atoms with E-state index in [-0.39, 0.29) is 11.4 Å². The number of hydrogen-bond donors (Lipinski definition) is 2. The Morgan fingerprint density at radius 1 is 1.03 bits per heavy atom. The molecule has 4 rings (SSSR count). The molecule has 4 aromatic rings. The molecule has 0 bridgehead atoms. The highest BCUT2D eigenvalue weighted by atomic mass is 32.2. The molecule has 0 aliphatic carbocycles. The van der Waals surface area contributed by atoms with Gasteiger partial charge in [0.05, 0.1) is 30.2 Å². The number of benzene rings is 2. The molecular formula is C21H18N4O4S. The van der Waals surface area contributed by atoms with Crippen molar-refractivity contribution in [2.24, 2.45) is 0 Å². The van der Waals surface area contributed by atoms with Crippen molar-refractivity contribution >= 4 is 21.6 Å². The van der Waals surface area contributed by atoms with Crippen molar-refractivity contribution in [3.63, 3.8) is 0 Å². The number of imidazole rings is 1. The van der Waals surface area contributed by atoms with Gasteiger partial charge in [0.15, 0.2) is 0 Å². The zero-order chi connectivity index (χ0) is 21.0. The van der Waals surface area contributed by atoms with Gasteiger partial charge in [-0.3, -0.25) is 9.36 Å². The average molecular weight is 422 g/mol. The van der Waals surface area contributed by atoms with E-state index in [1.165, 1.54) is 24.6 Å². The third-order valence-corrected chi connectivity index (χ3v) is 5.72. The first-order valence-electron chi connectivity index (χ1n) is 9.04. The lowest BCUT2D eigenvalue weighted by atomic mass is 10.3. The summed E-state index contributed by atoms with van der Waals surface area (Å²) in [7, 11) is -3.78. The molecule has 1 amide bonds. The Morgan fingerprint density at radius 2 is 1.87 bits per heavy atom. The zero-order valence-corrected chi connectivity index (χ0v) is 16.5. The predicted molar refractivity (Wildman–Crippen MR) is 111 cm³/mol. The van der Waals surface area contributed by atoms with Crippen LogP contribution >= 0.6 is 0 Å². The van der Waals surface area contributed by atoms with Gasteiger partial charge in [0.1, 0.15) is 11.5 Å². The molecule has 0 radical (unpaired) electrons. The number of rotatable bonds is 7. The molecule has 8 nitrogen and oxygen atoms in total. The highest BCUT2D eigenvalue weighted by Crippen LogP contribution is 2.18. The number of aromatic nitrogens is 2. The lowest BCUT2D eigenvalue weighted by Crippen LogP contribution is -2.23. The standard InChI is InChI=1S/C21H18N4O4S/c26-21(20-14-22-15-25(20)17-7-2-1-3-8-17)24-16-6-4-10-19(12-16)30(27,28)23-13-18-9-5-11-29-18/h1-12,14-15,23H,13H2,(H,24,26). The number of para-hydroxylation sites is 1. The fraction of sp³-hybridized carbons (Fsp3) is 0.0476. The molecule has 2 heterocycles. The molecule has 9 heteroatoms. The maximum atomic E-state index is 12.8. The lowest BCUT2D eigenvalue weighted by Gasteiger charge is -2.10. The fourth-order valence-corrected chi connectivity index (χ4v) is 3.89. The third-order valence-electron chi connectivity index (χ3n) is 4.32. The maximum absolute atomic E-state index is 12.8. The van der Waals surface area contributed by atoms with Crippen LogP contribution in [-0.4, -0.2) is 23.9 Å². The summed E-state index contributed by atoms with van der Waals surface area (Å²) in [5, 5.41) is 2.73. The Hall–Kier alpha value is -3.69. The molecule has 0 saturated carbocycles. The van der Waals surface area contributed by atoms with E-state index >= 15 is 0 Å². The van der Waals surface area contributed by atoms with Crippen molar-refractivity contribution in [1.29, 1.82) is 0 Å². The van der Waals surface area contributed by atoms with Crippen molar-refractivity contribution in [3.8, 4) is 5.69 Å². The van der Waals surface area contributed by atoms with E-state index in [1.807, 2.05) is 30.3 Å².